The number of para-hydroxylation sites is 1. The van der Waals surface area contributed by atoms with E-state index in [4.69, 9.17) is 5.26 Å². The molecule has 4 rings (SSSR count). The Bertz CT molecular complexity index is 1020. The molecule has 0 bridgehead atoms. The molecule has 1 saturated heterocycles. The van der Waals surface area contributed by atoms with Gasteiger partial charge in [-0.2, -0.15) is 5.26 Å². The van der Waals surface area contributed by atoms with Crippen molar-refractivity contribution in [3.63, 3.8) is 0 Å². The summed E-state index contributed by atoms with van der Waals surface area (Å²) in [6, 6.07) is 11.3. The Labute approximate surface area is 162 Å². The van der Waals surface area contributed by atoms with Gasteiger partial charge in [-0.05, 0) is 31.0 Å². The molecule has 28 heavy (non-hydrogen) atoms. The number of aromatic nitrogens is 3. The number of piperidine rings is 1. The zero-order chi connectivity index (χ0) is 19.3. The third-order valence-corrected chi connectivity index (χ3v) is 4.91. The Kier molecular flexibility index (Phi) is 5.06. The maximum absolute atomic E-state index is 12.4. The predicted molar refractivity (Wildman–Crippen MR) is 107 cm³/mol. The average molecular weight is 375 g/mol. The number of H-pyrrole nitrogens is 1. The van der Waals surface area contributed by atoms with E-state index in [2.05, 4.69) is 36.6 Å². The van der Waals surface area contributed by atoms with Crippen molar-refractivity contribution in [2.75, 3.05) is 29.9 Å². The van der Waals surface area contributed by atoms with E-state index in [1.807, 2.05) is 18.3 Å². The van der Waals surface area contributed by atoms with Crippen LogP contribution < -0.4 is 15.5 Å². The van der Waals surface area contributed by atoms with Crippen LogP contribution >= 0.6 is 0 Å². The second-order valence-corrected chi connectivity index (χ2v) is 6.80. The van der Waals surface area contributed by atoms with Gasteiger partial charge in [0.05, 0.1) is 23.2 Å². The van der Waals surface area contributed by atoms with Crippen molar-refractivity contribution in [1.29, 1.82) is 5.26 Å². The lowest BCUT2D eigenvalue weighted by atomic mass is 10.1. The Hall–Kier alpha value is -3.60. The first-order valence-electron chi connectivity index (χ1n) is 9.30. The van der Waals surface area contributed by atoms with Crippen LogP contribution in [-0.4, -0.2) is 46.5 Å². The topological polar surface area (TPSA) is 110 Å². The first kappa shape index (κ1) is 17.8. The molecule has 1 amide bonds. The molecule has 8 heteroatoms. The number of anilines is 2. The summed E-state index contributed by atoms with van der Waals surface area (Å²) in [6.45, 7) is 1.74. The number of nitrogens with one attached hydrogen (secondary N) is 3. The van der Waals surface area contributed by atoms with Gasteiger partial charge in [-0.25, -0.2) is 9.97 Å². The Morgan fingerprint density at radius 3 is 3.11 bits per heavy atom. The van der Waals surface area contributed by atoms with Crippen molar-refractivity contribution < 1.29 is 4.79 Å². The van der Waals surface area contributed by atoms with E-state index in [-0.39, 0.29) is 18.5 Å². The fraction of sp³-hybridized carbons (Fsp3) is 0.300. The summed E-state index contributed by atoms with van der Waals surface area (Å²) >= 11 is 0. The molecule has 2 aromatic heterocycles. The summed E-state index contributed by atoms with van der Waals surface area (Å²) in [7, 11) is 0. The van der Waals surface area contributed by atoms with Crippen LogP contribution in [0.4, 0.5) is 11.5 Å². The Morgan fingerprint density at radius 2 is 2.21 bits per heavy atom. The van der Waals surface area contributed by atoms with Gasteiger partial charge >= 0.3 is 0 Å². The summed E-state index contributed by atoms with van der Waals surface area (Å²) in [5.41, 5.74) is 2.01. The fourth-order valence-electron chi connectivity index (χ4n) is 3.59. The third kappa shape index (κ3) is 3.74. The third-order valence-electron chi connectivity index (χ3n) is 4.91. The normalized spacial score (nSPS) is 16.5. The summed E-state index contributed by atoms with van der Waals surface area (Å²) in [5.74, 6) is 0.806. The molecule has 1 atom stereocenters. The van der Waals surface area contributed by atoms with Crippen LogP contribution in [0.2, 0.25) is 0 Å². The molecule has 1 fully saturated rings. The fourth-order valence-corrected chi connectivity index (χ4v) is 3.59. The van der Waals surface area contributed by atoms with Crippen LogP contribution in [0.15, 0.2) is 42.9 Å². The van der Waals surface area contributed by atoms with Crippen LogP contribution in [0.1, 0.15) is 18.4 Å². The summed E-state index contributed by atoms with van der Waals surface area (Å²) in [4.78, 5) is 26.4. The molecule has 3 heterocycles. The van der Waals surface area contributed by atoms with Crippen molar-refractivity contribution in [1.82, 2.24) is 20.3 Å². The molecular formula is C20H21N7O. The number of nitriles is 1. The van der Waals surface area contributed by atoms with Crippen molar-refractivity contribution in [3.05, 3.63) is 48.4 Å². The van der Waals surface area contributed by atoms with E-state index in [9.17, 15) is 4.79 Å². The van der Waals surface area contributed by atoms with Crippen molar-refractivity contribution in [2.24, 2.45) is 0 Å². The highest BCUT2D eigenvalue weighted by Crippen LogP contribution is 2.25. The minimum atomic E-state index is -0.0888. The highest BCUT2D eigenvalue weighted by atomic mass is 16.2. The smallest absolute Gasteiger partial charge is 0.239 e. The number of carbonyl (C=O) groups is 1. The zero-order valence-corrected chi connectivity index (χ0v) is 15.4. The van der Waals surface area contributed by atoms with Crippen molar-refractivity contribution >= 4 is 28.4 Å². The number of hydrogen-bond acceptors (Lipinski definition) is 6. The quantitative estimate of drug-likeness (QED) is 0.629. The van der Waals surface area contributed by atoms with Crippen LogP contribution in [0.5, 0.6) is 0 Å². The van der Waals surface area contributed by atoms with Gasteiger partial charge in [0.1, 0.15) is 23.9 Å². The standard InChI is InChI=1S/C20H21N7O/c21-10-14-4-1-2-6-17(14)23-11-18(28)26-15-5-3-9-27(12-15)20-16-7-8-22-19(16)24-13-25-20/h1-2,4,6-8,13,15,23H,3,5,9,11-12H2,(H,26,28)(H,22,24,25)/t15-/m0/s1. The molecule has 0 spiro atoms. The molecule has 0 saturated carbocycles. The van der Waals surface area contributed by atoms with Crippen LogP contribution in [0, 0.1) is 11.3 Å². The zero-order valence-electron chi connectivity index (χ0n) is 15.4. The molecule has 0 aliphatic carbocycles. The first-order chi connectivity index (χ1) is 13.7. The monoisotopic (exact) mass is 375 g/mol. The van der Waals surface area contributed by atoms with Gasteiger partial charge in [0.15, 0.2) is 0 Å². The molecule has 8 nitrogen and oxygen atoms in total. The molecule has 0 radical (unpaired) electrons. The molecule has 3 aromatic rings. The van der Waals surface area contributed by atoms with Gasteiger partial charge in [-0.15, -0.1) is 0 Å². The second-order valence-electron chi connectivity index (χ2n) is 6.80. The van der Waals surface area contributed by atoms with E-state index >= 15 is 0 Å². The van der Waals surface area contributed by atoms with Gasteiger partial charge in [-0.3, -0.25) is 4.79 Å². The molecular weight excluding hydrogens is 354 g/mol. The number of aromatic amines is 1. The lowest BCUT2D eigenvalue weighted by Gasteiger charge is -2.34. The van der Waals surface area contributed by atoms with Crippen molar-refractivity contribution in [2.45, 2.75) is 18.9 Å². The van der Waals surface area contributed by atoms with E-state index in [1.54, 1.807) is 24.5 Å². The van der Waals surface area contributed by atoms with Crippen LogP contribution in [-0.2, 0) is 4.79 Å². The maximum Gasteiger partial charge on any atom is 0.239 e. The van der Waals surface area contributed by atoms with E-state index < -0.39 is 0 Å². The van der Waals surface area contributed by atoms with Crippen LogP contribution in [0.3, 0.4) is 0 Å². The molecule has 1 aromatic carbocycles. The van der Waals surface area contributed by atoms with Crippen molar-refractivity contribution in [3.8, 4) is 6.07 Å². The minimum absolute atomic E-state index is 0.0539. The largest absolute Gasteiger partial charge is 0.375 e. The Morgan fingerprint density at radius 1 is 1.32 bits per heavy atom. The number of fused-ring (bicyclic) bond motifs is 1. The minimum Gasteiger partial charge on any atom is -0.375 e. The van der Waals surface area contributed by atoms with E-state index in [0.29, 0.717) is 17.8 Å². The van der Waals surface area contributed by atoms with Crippen LogP contribution in [0.25, 0.3) is 11.0 Å². The number of hydrogen-bond donors (Lipinski definition) is 3. The molecule has 1 aliphatic heterocycles. The van der Waals surface area contributed by atoms with Gasteiger partial charge in [0, 0.05) is 25.3 Å². The molecule has 0 unspecified atom stereocenters. The number of rotatable bonds is 5. The predicted octanol–water partition coefficient (Wildman–Crippen LogP) is 2.03. The molecule has 1 aliphatic rings. The number of benzene rings is 1. The summed E-state index contributed by atoms with van der Waals surface area (Å²) < 4.78 is 0. The number of carbonyl (C=O) groups excluding carboxylic acids is 1. The maximum atomic E-state index is 12.4. The van der Waals surface area contributed by atoms with Gasteiger partial charge < -0.3 is 20.5 Å². The summed E-state index contributed by atoms with van der Waals surface area (Å²) in [6.07, 6.45) is 5.33. The Balaban J connectivity index is 1.37. The number of nitrogens with zero attached hydrogens (tertiary/aromatic N) is 4. The lowest BCUT2D eigenvalue weighted by molar-refractivity contribution is -0.120. The summed E-state index contributed by atoms with van der Waals surface area (Å²) in [5, 5.41) is 16.3. The van der Waals surface area contributed by atoms with Gasteiger partial charge in [0.25, 0.3) is 0 Å². The number of amides is 1. The molecule has 3 N–H and O–H groups in total. The lowest BCUT2D eigenvalue weighted by Crippen LogP contribution is -2.49. The van der Waals surface area contributed by atoms with Gasteiger partial charge in [-0.1, -0.05) is 12.1 Å². The second kappa shape index (κ2) is 7.96. The SMILES string of the molecule is N#Cc1ccccc1NCC(=O)N[C@H]1CCCN(c2ncnc3[nH]ccc23)C1. The van der Waals surface area contributed by atoms with E-state index in [1.165, 1.54) is 0 Å². The molecule has 142 valence electrons. The average Bonchev–Trinajstić information content (AvgIpc) is 3.21. The van der Waals surface area contributed by atoms with E-state index in [0.717, 1.165) is 36.2 Å². The highest BCUT2D eigenvalue weighted by Gasteiger charge is 2.23. The van der Waals surface area contributed by atoms with Gasteiger partial charge in [0.2, 0.25) is 5.91 Å². The first-order valence-corrected chi connectivity index (χ1v) is 9.30. The highest BCUT2D eigenvalue weighted by molar-refractivity contribution is 5.87.